The number of carbonyl (C=O) groups is 2. The van der Waals surface area contributed by atoms with Crippen molar-refractivity contribution in [1.82, 2.24) is 4.90 Å². The van der Waals surface area contributed by atoms with Crippen LogP contribution in [-0.2, 0) is 14.6 Å². The zero-order valence-corrected chi connectivity index (χ0v) is 13.7. The van der Waals surface area contributed by atoms with Crippen LogP contribution in [0.25, 0.3) is 0 Å². The lowest BCUT2D eigenvalue weighted by Gasteiger charge is -2.34. The van der Waals surface area contributed by atoms with Crippen LogP contribution in [0.1, 0.15) is 16.8 Å². The van der Waals surface area contributed by atoms with Crippen molar-refractivity contribution < 1.29 is 23.1 Å². The van der Waals surface area contributed by atoms with E-state index in [4.69, 9.17) is 5.11 Å². The van der Waals surface area contributed by atoms with Crippen LogP contribution in [0.15, 0.2) is 29.2 Å². The normalized spacial score (nSPS) is 19.0. The Morgan fingerprint density at radius 2 is 1.95 bits per heavy atom. The number of benzene rings is 1. The van der Waals surface area contributed by atoms with Crippen molar-refractivity contribution in [3.63, 3.8) is 0 Å². The molecule has 1 fully saturated rings. The lowest BCUT2D eigenvalue weighted by molar-refractivity contribution is -0.138. The summed E-state index contributed by atoms with van der Waals surface area (Å²) in [5.41, 5.74) is 0.370. The minimum atomic E-state index is -3.30. The predicted octanol–water partition coefficient (Wildman–Crippen LogP) is 1.12. The summed E-state index contributed by atoms with van der Waals surface area (Å²) < 4.78 is 22.9. The smallest absolute Gasteiger partial charge is 0.305 e. The van der Waals surface area contributed by atoms with Crippen molar-refractivity contribution in [3.05, 3.63) is 29.8 Å². The van der Waals surface area contributed by atoms with Gasteiger partial charge in [0.1, 0.15) is 0 Å². The summed E-state index contributed by atoms with van der Waals surface area (Å²) in [6, 6.07) is 5.40. The first kappa shape index (κ1) is 16.8. The number of nitrogens with zero attached hydrogens (tertiary/aromatic N) is 1. The lowest BCUT2D eigenvalue weighted by atomic mass is 10.1. The van der Waals surface area contributed by atoms with Gasteiger partial charge in [0.25, 0.3) is 5.91 Å². The molecule has 0 aliphatic carbocycles. The highest BCUT2D eigenvalue weighted by Crippen LogP contribution is 2.22. The van der Waals surface area contributed by atoms with Crippen molar-refractivity contribution in [2.75, 3.05) is 24.3 Å². The Morgan fingerprint density at radius 3 is 2.50 bits per heavy atom. The Balaban J connectivity index is 2.20. The summed E-state index contributed by atoms with van der Waals surface area (Å²) in [6.45, 7) is 0.495. The van der Waals surface area contributed by atoms with Crippen molar-refractivity contribution >= 4 is 33.5 Å². The fourth-order valence-electron chi connectivity index (χ4n) is 2.30. The second kappa shape index (κ2) is 6.70. The van der Waals surface area contributed by atoms with Crippen LogP contribution in [0.5, 0.6) is 0 Å². The predicted molar refractivity (Wildman–Crippen MR) is 84.0 cm³/mol. The first-order chi connectivity index (χ1) is 10.3. The number of rotatable bonds is 4. The molecule has 1 aromatic carbocycles. The van der Waals surface area contributed by atoms with E-state index in [2.05, 4.69) is 0 Å². The second-order valence-corrected chi connectivity index (χ2v) is 8.29. The van der Waals surface area contributed by atoms with Crippen LogP contribution in [0, 0.1) is 0 Å². The quantitative estimate of drug-likeness (QED) is 0.881. The average molecular weight is 343 g/mol. The van der Waals surface area contributed by atoms with Crippen LogP contribution in [0.3, 0.4) is 0 Å². The average Bonchev–Trinajstić information content (AvgIpc) is 2.46. The molecular formula is C14H17NO5S2. The van der Waals surface area contributed by atoms with Crippen LogP contribution in [-0.4, -0.2) is 60.6 Å². The van der Waals surface area contributed by atoms with Crippen molar-refractivity contribution in [2.45, 2.75) is 17.4 Å². The number of amides is 1. The maximum absolute atomic E-state index is 12.5. The summed E-state index contributed by atoms with van der Waals surface area (Å²) >= 11 is 1.63. The summed E-state index contributed by atoms with van der Waals surface area (Å²) in [6.07, 6.45) is 1.02. The van der Waals surface area contributed by atoms with Gasteiger partial charge in [0, 0.05) is 29.9 Å². The fourth-order valence-corrected chi connectivity index (χ4v) is 4.00. The molecule has 0 bridgehead atoms. The third-order valence-electron chi connectivity index (χ3n) is 3.43. The van der Waals surface area contributed by atoms with Crippen LogP contribution in [0.2, 0.25) is 0 Å². The maximum atomic E-state index is 12.5. The number of carboxylic acid groups (broad SMARTS) is 1. The van der Waals surface area contributed by atoms with Crippen LogP contribution < -0.4 is 0 Å². The maximum Gasteiger partial charge on any atom is 0.305 e. The van der Waals surface area contributed by atoms with E-state index in [1.54, 1.807) is 16.7 Å². The third-order valence-corrected chi connectivity index (χ3v) is 5.65. The van der Waals surface area contributed by atoms with E-state index in [0.29, 0.717) is 17.9 Å². The Morgan fingerprint density at radius 1 is 1.32 bits per heavy atom. The largest absolute Gasteiger partial charge is 0.481 e. The van der Waals surface area contributed by atoms with E-state index in [1.165, 1.54) is 24.3 Å². The molecule has 1 amide bonds. The molecule has 22 heavy (non-hydrogen) atoms. The molecule has 1 atom stereocenters. The van der Waals surface area contributed by atoms with E-state index in [-0.39, 0.29) is 23.3 Å². The molecule has 1 aliphatic heterocycles. The van der Waals surface area contributed by atoms with Crippen LogP contribution >= 0.6 is 11.8 Å². The Labute approximate surface area is 133 Å². The fraction of sp³-hybridized carbons (Fsp3) is 0.429. The SMILES string of the molecule is CS(=O)(=O)c1ccc(C(=O)N2CCSCC2CC(=O)O)cc1. The molecule has 0 aromatic heterocycles. The van der Waals surface area contributed by atoms with Gasteiger partial charge in [-0.3, -0.25) is 9.59 Å². The number of carboxylic acids is 1. The number of carbonyl (C=O) groups excluding carboxylic acids is 1. The third kappa shape index (κ3) is 4.01. The molecule has 0 radical (unpaired) electrons. The monoisotopic (exact) mass is 343 g/mol. The summed E-state index contributed by atoms with van der Waals surface area (Å²) in [4.78, 5) is 25.2. The van der Waals surface area contributed by atoms with E-state index in [0.717, 1.165) is 12.0 Å². The molecule has 1 aliphatic rings. The minimum absolute atomic E-state index is 0.0832. The molecule has 1 unspecified atom stereocenters. The van der Waals surface area contributed by atoms with Gasteiger partial charge in [0.05, 0.1) is 17.4 Å². The summed E-state index contributed by atoms with van der Waals surface area (Å²) in [5, 5.41) is 8.95. The molecule has 8 heteroatoms. The first-order valence-corrected chi connectivity index (χ1v) is 9.74. The molecule has 1 aromatic rings. The van der Waals surface area contributed by atoms with Crippen molar-refractivity contribution in [1.29, 1.82) is 0 Å². The highest BCUT2D eigenvalue weighted by Gasteiger charge is 2.29. The van der Waals surface area contributed by atoms with Gasteiger partial charge in [0.2, 0.25) is 0 Å². The molecule has 6 nitrogen and oxygen atoms in total. The molecule has 2 rings (SSSR count). The van der Waals surface area contributed by atoms with Crippen molar-refractivity contribution in [2.24, 2.45) is 0 Å². The number of aliphatic carboxylic acids is 1. The Hall–Kier alpha value is -1.54. The van der Waals surface area contributed by atoms with Gasteiger partial charge in [-0.15, -0.1) is 0 Å². The van der Waals surface area contributed by atoms with Gasteiger partial charge in [-0.05, 0) is 24.3 Å². The van der Waals surface area contributed by atoms with E-state index < -0.39 is 15.8 Å². The molecule has 1 saturated heterocycles. The van der Waals surface area contributed by atoms with Gasteiger partial charge in [-0.25, -0.2) is 8.42 Å². The molecule has 1 N–H and O–H groups in total. The summed E-state index contributed by atoms with van der Waals surface area (Å²) in [5.74, 6) is 0.173. The zero-order chi connectivity index (χ0) is 16.3. The van der Waals surface area contributed by atoms with Gasteiger partial charge in [0.15, 0.2) is 9.84 Å². The van der Waals surface area contributed by atoms with E-state index in [1.807, 2.05) is 0 Å². The lowest BCUT2D eigenvalue weighted by Crippen LogP contribution is -2.47. The Bertz CT molecular complexity index is 669. The van der Waals surface area contributed by atoms with E-state index in [9.17, 15) is 18.0 Å². The number of hydrogen-bond donors (Lipinski definition) is 1. The van der Waals surface area contributed by atoms with Gasteiger partial charge < -0.3 is 10.0 Å². The van der Waals surface area contributed by atoms with Gasteiger partial charge in [-0.2, -0.15) is 11.8 Å². The number of hydrogen-bond acceptors (Lipinski definition) is 5. The standard InChI is InChI=1S/C14H17NO5S2/c1-22(19,20)12-4-2-10(3-5-12)14(18)15-6-7-21-9-11(15)8-13(16)17/h2-5,11H,6-9H2,1H3,(H,16,17). The highest BCUT2D eigenvalue weighted by atomic mass is 32.2. The molecule has 1 heterocycles. The van der Waals surface area contributed by atoms with Gasteiger partial charge in [-0.1, -0.05) is 0 Å². The second-order valence-electron chi connectivity index (χ2n) is 5.12. The molecule has 0 spiro atoms. The topological polar surface area (TPSA) is 91.8 Å². The zero-order valence-electron chi connectivity index (χ0n) is 12.1. The number of sulfone groups is 1. The van der Waals surface area contributed by atoms with E-state index >= 15 is 0 Å². The van der Waals surface area contributed by atoms with Gasteiger partial charge >= 0.3 is 5.97 Å². The molecule has 0 saturated carbocycles. The minimum Gasteiger partial charge on any atom is -0.481 e. The number of thioether (sulfide) groups is 1. The van der Waals surface area contributed by atoms with Crippen LogP contribution in [0.4, 0.5) is 0 Å². The Kier molecular flexibility index (Phi) is 5.12. The highest BCUT2D eigenvalue weighted by molar-refractivity contribution is 7.99. The summed E-state index contributed by atoms with van der Waals surface area (Å²) in [7, 11) is -3.30. The van der Waals surface area contributed by atoms with Crippen molar-refractivity contribution in [3.8, 4) is 0 Å². The molecular weight excluding hydrogens is 326 g/mol. The first-order valence-electron chi connectivity index (χ1n) is 6.69. The molecule has 120 valence electrons.